The number of hydrogen-bond acceptors (Lipinski definition) is 3. The molecule has 0 spiro atoms. The molecule has 0 saturated carbocycles. The summed E-state index contributed by atoms with van der Waals surface area (Å²) in [5, 5.41) is 8.56. The molecule has 6 heteroatoms. The second kappa shape index (κ2) is 4.16. The fraction of sp³-hybridized carbons (Fsp3) is 0.286. The normalized spacial score (nSPS) is 13.8. The van der Waals surface area contributed by atoms with Gasteiger partial charge in [-0.25, -0.2) is 4.79 Å². The molecule has 1 heterocycles. The minimum atomic E-state index is -2.72. The lowest BCUT2D eigenvalue weighted by molar-refractivity contribution is -0.136. The van der Waals surface area contributed by atoms with E-state index in [-0.39, 0.29) is 6.42 Å². The average Bonchev–Trinajstić information content (AvgIpc) is 2.50. The van der Waals surface area contributed by atoms with Gasteiger partial charge in [-0.05, 0) is 16.7 Å². The van der Waals surface area contributed by atoms with E-state index < -0.39 is 19.7 Å². The second-order valence-corrected chi connectivity index (χ2v) is 3.67. The molecule has 0 aliphatic heterocycles. The first kappa shape index (κ1) is 9.89. The zero-order chi connectivity index (χ0) is 9.84. The molecule has 13 heavy (non-hydrogen) atoms. The van der Waals surface area contributed by atoms with Crippen LogP contribution in [0.5, 0.6) is 0 Å². The molecule has 0 aliphatic rings. The van der Waals surface area contributed by atoms with E-state index in [9.17, 15) is 9.36 Å². The van der Waals surface area contributed by atoms with E-state index in [0.29, 0.717) is 5.76 Å². The van der Waals surface area contributed by atoms with Crippen LogP contribution in [0.25, 0.3) is 0 Å². The summed E-state index contributed by atoms with van der Waals surface area (Å²) in [7, 11) is -2.72. The summed E-state index contributed by atoms with van der Waals surface area (Å²) < 4.78 is 15.5. The fourth-order valence-corrected chi connectivity index (χ4v) is 1.40. The maximum Gasteiger partial charge on any atom is 0.521 e. The molecule has 0 fully saturated rings. The Morgan fingerprint density at radius 3 is 2.77 bits per heavy atom. The third-order valence-corrected chi connectivity index (χ3v) is 2.46. The average molecular weight is 203 g/mol. The van der Waals surface area contributed by atoms with Crippen LogP contribution in [0.4, 0.5) is 0 Å². The summed E-state index contributed by atoms with van der Waals surface area (Å²) in [6.07, 6.45) is 1.33. The molecular weight excluding hydrogens is 195 g/mol. The largest absolute Gasteiger partial charge is 0.521 e. The van der Waals surface area contributed by atoms with Crippen LogP contribution in [0, 0.1) is 0 Å². The SMILES string of the molecule is O=C(O)[C@@H](Cc1ccco1)[P+](=O)O. The zero-order valence-corrected chi connectivity index (χ0v) is 7.48. The molecule has 2 atom stereocenters. The summed E-state index contributed by atoms with van der Waals surface area (Å²) in [4.78, 5) is 19.1. The summed E-state index contributed by atoms with van der Waals surface area (Å²) in [5.74, 6) is -0.898. The fourth-order valence-electron chi connectivity index (χ4n) is 0.879. The van der Waals surface area contributed by atoms with E-state index in [0.717, 1.165) is 0 Å². The number of aliphatic carboxylic acids is 1. The van der Waals surface area contributed by atoms with E-state index >= 15 is 0 Å². The van der Waals surface area contributed by atoms with Crippen molar-refractivity contribution in [2.45, 2.75) is 12.1 Å². The lowest BCUT2D eigenvalue weighted by Gasteiger charge is -1.95. The van der Waals surface area contributed by atoms with Crippen molar-refractivity contribution >= 4 is 14.0 Å². The van der Waals surface area contributed by atoms with Crippen LogP contribution in [0.1, 0.15) is 5.76 Å². The van der Waals surface area contributed by atoms with Gasteiger partial charge in [0.2, 0.25) is 0 Å². The first-order valence-corrected chi connectivity index (χ1v) is 4.80. The van der Waals surface area contributed by atoms with Crippen molar-refractivity contribution in [2.75, 3.05) is 0 Å². The molecule has 1 aromatic heterocycles. The Kier molecular flexibility index (Phi) is 3.17. The van der Waals surface area contributed by atoms with E-state index in [2.05, 4.69) is 0 Å². The molecule has 1 aromatic rings. The highest BCUT2D eigenvalue weighted by Gasteiger charge is 2.37. The zero-order valence-electron chi connectivity index (χ0n) is 6.58. The van der Waals surface area contributed by atoms with Crippen molar-refractivity contribution in [3.8, 4) is 0 Å². The van der Waals surface area contributed by atoms with Crippen LogP contribution in [-0.2, 0) is 15.8 Å². The summed E-state index contributed by atoms with van der Waals surface area (Å²) >= 11 is 0. The van der Waals surface area contributed by atoms with Gasteiger partial charge >= 0.3 is 14.0 Å². The Hall–Kier alpha value is -1.19. The number of hydrogen-bond donors (Lipinski definition) is 2. The minimum absolute atomic E-state index is 0.0615. The third kappa shape index (κ3) is 2.65. The predicted molar refractivity (Wildman–Crippen MR) is 43.7 cm³/mol. The van der Waals surface area contributed by atoms with E-state index in [4.69, 9.17) is 14.4 Å². The van der Waals surface area contributed by atoms with Crippen LogP contribution in [0.15, 0.2) is 22.8 Å². The van der Waals surface area contributed by atoms with Crippen LogP contribution in [0.2, 0.25) is 0 Å². The van der Waals surface area contributed by atoms with Crippen molar-refractivity contribution in [1.82, 2.24) is 0 Å². The van der Waals surface area contributed by atoms with Crippen molar-refractivity contribution in [3.05, 3.63) is 24.2 Å². The smallest absolute Gasteiger partial charge is 0.478 e. The van der Waals surface area contributed by atoms with Gasteiger partial charge in [0.05, 0.1) is 12.7 Å². The molecule has 0 radical (unpaired) electrons. The third-order valence-electron chi connectivity index (χ3n) is 1.53. The van der Waals surface area contributed by atoms with Crippen molar-refractivity contribution in [3.63, 3.8) is 0 Å². The van der Waals surface area contributed by atoms with Crippen LogP contribution in [-0.4, -0.2) is 21.6 Å². The number of carboxylic acids is 1. The van der Waals surface area contributed by atoms with Crippen molar-refractivity contribution in [2.24, 2.45) is 0 Å². The predicted octanol–water partition coefficient (Wildman–Crippen LogP) is 1.01. The number of furan rings is 1. The second-order valence-electron chi connectivity index (χ2n) is 2.44. The Bertz CT molecular complexity index is 291. The first-order valence-electron chi connectivity index (χ1n) is 3.51. The van der Waals surface area contributed by atoms with Crippen LogP contribution >= 0.6 is 8.03 Å². The monoisotopic (exact) mass is 203 g/mol. The molecule has 0 aromatic carbocycles. The van der Waals surface area contributed by atoms with Crippen molar-refractivity contribution < 1.29 is 23.8 Å². The highest BCUT2D eigenvalue weighted by Crippen LogP contribution is 2.26. The Morgan fingerprint density at radius 2 is 2.38 bits per heavy atom. The van der Waals surface area contributed by atoms with Gasteiger partial charge in [0.15, 0.2) is 0 Å². The summed E-state index contributed by atoms with van der Waals surface area (Å²) in [6, 6.07) is 3.16. The van der Waals surface area contributed by atoms with Gasteiger partial charge in [0.25, 0.3) is 5.66 Å². The quantitative estimate of drug-likeness (QED) is 0.713. The highest BCUT2D eigenvalue weighted by atomic mass is 31.1. The number of carbonyl (C=O) groups is 1. The van der Waals surface area contributed by atoms with E-state index in [1.807, 2.05) is 0 Å². The molecule has 2 N–H and O–H groups in total. The summed E-state index contributed by atoms with van der Waals surface area (Å²) in [6.45, 7) is 0. The Balaban J connectivity index is 2.69. The molecule has 0 saturated heterocycles. The molecule has 0 amide bonds. The molecule has 0 bridgehead atoms. The number of rotatable bonds is 4. The van der Waals surface area contributed by atoms with E-state index in [1.165, 1.54) is 6.26 Å². The molecule has 0 aliphatic carbocycles. The van der Waals surface area contributed by atoms with Gasteiger partial charge in [-0.15, -0.1) is 0 Å². The molecular formula is C7H8O5P+. The number of carboxylic acid groups (broad SMARTS) is 1. The van der Waals surface area contributed by atoms with E-state index in [1.54, 1.807) is 12.1 Å². The standard InChI is InChI=1S/C7H7O5P/c8-7(9)6(13(10)11)4-5-2-1-3-12-5/h1-3,6H,4H2,(H-,8,9,10,11)/p+1/t6-/m1/s1. The Morgan fingerprint density at radius 1 is 1.69 bits per heavy atom. The molecule has 70 valence electrons. The van der Waals surface area contributed by atoms with Gasteiger partial charge in [0, 0.05) is 0 Å². The van der Waals surface area contributed by atoms with Gasteiger partial charge in [-0.2, -0.15) is 4.89 Å². The highest BCUT2D eigenvalue weighted by molar-refractivity contribution is 7.40. The lowest BCUT2D eigenvalue weighted by atomic mass is 10.2. The maximum atomic E-state index is 10.6. The van der Waals surface area contributed by atoms with Gasteiger partial charge in [-0.3, -0.25) is 0 Å². The first-order chi connectivity index (χ1) is 6.11. The van der Waals surface area contributed by atoms with Gasteiger partial charge in [0.1, 0.15) is 5.76 Å². The van der Waals surface area contributed by atoms with Crippen LogP contribution in [0.3, 0.4) is 0 Å². The van der Waals surface area contributed by atoms with Crippen LogP contribution < -0.4 is 0 Å². The summed E-state index contributed by atoms with van der Waals surface area (Å²) in [5.41, 5.74) is -1.29. The Labute approximate surface area is 74.9 Å². The maximum absolute atomic E-state index is 10.6. The minimum Gasteiger partial charge on any atom is -0.478 e. The topological polar surface area (TPSA) is 87.7 Å². The lowest BCUT2D eigenvalue weighted by Crippen LogP contribution is -2.18. The molecule has 1 unspecified atom stereocenters. The van der Waals surface area contributed by atoms with Gasteiger partial charge in [-0.1, -0.05) is 0 Å². The molecule has 1 rings (SSSR count). The molecule has 5 nitrogen and oxygen atoms in total. The van der Waals surface area contributed by atoms with Crippen molar-refractivity contribution in [1.29, 1.82) is 0 Å². The van der Waals surface area contributed by atoms with Gasteiger partial charge < -0.3 is 9.52 Å².